The SMILES string of the molecule is CN1C(=O)C2CC3CC2C1C3O. The van der Waals surface area contributed by atoms with Gasteiger partial charge in [-0.1, -0.05) is 0 Å². The summed E-state index contributed by atoms with van der Waals surface area (Å²) >= 11 is 0. The van der Waals surface area contributed by atoms with E-state index in [9.17, 15) is 9.90 Å². The zero-order valence-electron chi connectivity index (χ0n) is 7.10. The van der Waals surface area contributed by atoms with Gasteiger partial charge in [-0.3, -0.25) is 4.79 Å². The Morgan fingerprint density at radius 3 is 2.83 bits per heavy atom. The summed E-state index contributed by atoms with van der Waals surface area (Å²) in [5, 5.41) is 9.80. The van der Waals surface area contributed by atoms with Crippen LogP contribution in [0, 0.1) is 17.8 Å². The summed E-state index contributed by atoms with van der Waals surface area (Å²) in [4.78, 5) is 13.4. The minimum atomic E-state index is -0.234. The topological polar surface area (TPSA) is 40.5 Å². The van der Waals surface area contributed by atoms with Crippen LogP contribution in [-0.2, 0) is 4.79 Å². The zero-order chi connectivity index (χ0) is 8.46. The number of likely N-dealkylation sites (N-methyl/N-ethyl adjacent to an activating group) is 1. The molecule has 2 aliphatic carbocycles. The van der Waals surface area contributed by atoms with Gasteiger partial charge in [0.25, 0.3) is 0 Å². The number of fused-ring (bicyclic) bond motifs is 1. The molecule has 2 bridgehead atoms. The van der Waals surface area contributed by atoms with Crippen LogP contribution in [0.4, 0.5) is 0 Å². The standard InChI is InChI=1S/C9H13NO2/c1-10-7-5-2-4(8(7)11)3-6(5)9(10)12/h4-8,11H,2-3H2,1H3. The Bertz CT molecular complexity index is 253. The molecule has 1 N–H and O–H groups in total. The summed E-state index contributed by atoms with van der Waals surface area (Å²) in [5.41, 5.74) is 0. The molecule has 12 heavy (non-hydrogen) atoms. The second kappa shape index (κ2) is 1.84. The number of hydrogen-bond donors (Lipinski definition) is 1. The molecule has 3 heteroatoms. The fourth-order valence-corrected chi connectivity index (χ4v) is 3.51. The van der Waals surface area contributed by atoms with E-state index in [0.29, 0.717) is 11.8 Å². The van der Waals surface area contributed by atoms with Gasteiger partial charge in [0.1, 0.15) is 0 Å². The Balaban J connectivity index is 2.06. The van der Waals surface area contributed by atoms with Crippen molar-refractivity contribution in [3.63, 3.8) is 0 Å². The van der Waals surface area contributed by atoms with Gasteiger partial charge >= 0.3 is 0 Å². The lowest BCUT2D eigenvalue weighted by Gasteiger charge is -2.25. The van der Waals surface area contributed by atoms with E-state index in [1.807, 2.05) is 7.05 Å². The lowest BCUT2D eigenvalue weighted by atomic mass is 9.88. The summed E-state index contributed by atoms with van der Waals surface area (Å²) in [6, 6.07) is 0.154. The van der Waals surface area contributed by atoms with E-state index in [0.717, 1.165) is 12.8 Å². The smallest absolute Gasteiger partial charge is 0.226 e. The molecule has 3 fully saturated rings. The Kier molecular flexibility index (Phi) is 1.06. The third kappa shape index (κ3) is 0.534. The summed E-state index contributed by atoms with van der Waals surface area (Å²) in [7, 11) is 1.83. The molecule has 0 aromatic carbocycles. The van der Waals surface area contributed by atoms with E-state index in [1.165, 1.54) is 0 Å². The first kappa shape index (κ1) is 6.89. The lowest BCUT2D eigenvalue weighted by Crippen LogP contribution is -2.39. The van der Waals surface area contributed by atoms with Crippen molar-refractivity contribution in [3.05, 3.63) is 0 Å². The molecule has 1 amide bonds. The van der Waals surface area contributed by atoms with Crippen LogP contribution in [-0.4, -0.2) is 35.1 Å². The van der Waals surface area contributed by atoms with Crippen LogP contribution in [0.5, 0.6) is 0 Å². The molecule has 2 saturated carbocycles. The van der Waals surface area contributed by atoms with E-state index < -0.39 is 0 Å². The minimum absolute atomic E-state index is 0.154. The molecule has 1 heterocycles. The molecule has 0 radical (unpaired) electrons. The molecule has 3 nitrogen and oxygen atoms in total. The first-order chi connectivity index (χ1) is 5.70. The average molecular weight is 167 g/mol. The van der Waals surface area contributed by atoms with Crippen LogP contribution in [0.25, 0.3) is 0 Å². The zero-order valence-corrected chi connectivity index (χ0v) is 7.10. The van der Waals surface area contributed by atoms with Crippen molar-refractivity contribution in [1.82, 2.24) is 4.90 Å². The second-order valence-electron chi connectivity index (χ2n) is 4.43. The largest absolute Gasteiger partial charge is 0.391 e. The average Bonchev–Trinajstić information content (AvgIpc) is 2.62. The molecular weight excluding hydrogens is 154 g/mol. The van der Waals surface area contributed by atoms with Crippen molar-refractivity contribution in [3.8, 4) is 0 Å². The molecule has 5 atom stereocenters. The van der Waals surface area contributed by atoms with Gasteiger partial charge in [0, 0.05) is 13.0 Å². The highest BCUT2D eigenvalue weighted by atomic mass is 16.3. The van der Waals surface area contributed by atoms with Gasteiger partial charge in [-0.15, -0.1) is 0 Å². The maximum absolute atomic E-state index is 11.6. The molecule has 66 valence electrons. The predicted octanol–water partition coefficient (Wildman–Crippen LogP) is -0.156. The normalized spacial score (nSPS) is 55.7. The van der Waals surface area contributed by atoms with E-state index >= 15 is 0 Å². The van der Waals surface area contributed by atoms with Crippen LogP contribution < -0.4 is 0 Å². The molecule has 5 unspecified atom stereocenters. The van der Waals surface area contributed by atoms with E-state index in [-0.39, 0.29) is 24.0 Å². The lowest BCUT2D eigenvalue weighted by molar-refractivity contribution is -0.130. The third-order valence-corrected chi connectivity index (χ3v) is 4.03. The summed E-state index contributed by atoms with van der Waals surface area (Å²) in [6.07, 6.45) is 1.78. The number of carbonyl (C=O) groups is 1. The number of carbonyl (C=O) groups excluding carboxylic acids is 1. The minimum Gasteiger partial charge on any atom is -0.391 e. The van der Waals surface area contributed by atoms with Crippen molar-refractivity contribution >= 4 is 5.91 Å². The molecule has 3 rings (SSSR count). The van der Waals surface area contributed by atoms with E-state index in [4.69, 9.17) is 0 Å². The maximum atomic E-state index is 11.6. The van der Waals surface area contributed by atoms with Crippen molar-refractivity contribution < 1.29 is 9.90 Å². The van der Waals surface area contributed by atoms with Gasteiger partial charge < -0.3 is 10.0 Å². The molecular formula is C9H13NO2. The number of rotatable bonds is 0. The number of nitrogens with zero attached hydrogens (tertiary/aromatic N) is 1. The fourth-order valence-electron chi connectivity index (χ4n) is 3.51. The van der Waals surface area contributed by atoms with Crippen LogP contribution >= 0.6 is 0 Å². The van der Waals surface area contributed by atoms with Gasteiger partial charge in [0.2, 0.25) is 5.91 Å². The Hall–Kier alpha value is -0.570. The van der Waals surface area contributed by atoms with Crippen molar-refractivity contribution in [2.75, 3.05) is 7.05 Å². The number of aliphatic hydroxyl groups excluding tert-OH is 1. The highest BCUT2D eigenvalue weighted by Gasteiger charge is 2.61. The van der Waals surface area contributed by atoms with Gasteiger partial charge in [-0.05, 0) is 24.7 Å². The first-order valence-electron chi connectivity index (χ1n) is 4.65. The highest BCUT2D eigenvalue weighted by molar-refractivity contribution is 5.83. The Morgan fingerprint density at radius 1 is 1.50 bits per heavy atom. The van der Waals surface area contributed by atoms with Crippen LogP contribution in [0.1, 0.15) is 12.8 Å². The fraction of sp³-hybridized carbons (Fsp3) is 0.889. The first-order valence-corrected chi connectivity index (χ1v) is 4.65. The van der Waals surface area contributed by atoms with Crippen LogP contribution in [0.15, 0.2) is 0 Å². The monoisotopic (exact) mass is 167 g/mol. The summed E-state index contributed by atoms with van der Waals surface area (Å²) in [5.74, 6) is 1.42. The van der Waals surface area contributed by atoms with Crippen LogP contribution in [0.3, 0.4) is 0 Å². The van der Waals surface area contributed by atoms with E-state index in [1.54, 1.807) is 4.90 Å². The Labute approximate surface area is 71.4 Å². The van der Waals surface area contributed by atoms with E-state index in [2.05, 4.69) is 0 Å². The molecule has 0 aromatic heterocycles. The Morgan fingerprint density at radius 2 is 2.25 bits per heavy atom. The van der Waals surface area contributed by atoms with Crippen molar-refractivity contribution in [1.29, 1.82) is 0 Å². The number of likely N-dealkylation sites (tertiary alicyclic amines) is 1. The molecule has 3 aliphatic rings. The van der Waals surface area contributed by atoms with Gasteiger partial charge in [0.05, 0.1) is 12.1 Å². The van der Waals surface area contributed by atoms with Crippen LogP contribution in [0.2, 0.25) is 0 Å². The summed E-state index contributed by atoms with van der Waals surface area (Å²) in [6.45, 7) is 0. The second-order valence-corrected chi connectivity index (χ2v) is 4.43. The number of hydrogen-bond acceptors (Lipinski definition) is 2. The third-order valence-electron chi connectivity index (χ3n) is 4.03. The predicted molar refractivity (Wildman–Crippen MR) is 42.3 cm³/mol. The quantitative estimate of drug-likeness (QED) is 0.545. The molecule has 0 spiro atoms. The maximum Gasteiger partial charge on any atom is 0.226 e. The highest BCUT2D eigenvalue weighted by Crippen LogP contribution is 2.54. The van der Waals surface area contributed by atoms with Crippen molar-refractivity contribution in [2.24, 2.45) is 17.8 Å². The number of aliphatic hydroxyl groups is 1. The number of amides is 1. The van der Waals surface area contributed by atoms with Crippen molar-refractivity contribution in [2.45, 2.75) is 25.0 Å². The molecule has 0 aromatic rings. The molecule has 1 saturated heterocycles. The van der Waals surface area contributed by atoms with Gasteiger partial charge in [-0.2, -0.15) is 0 Å². The molecule has 1 aliphatic heterocycles. The van der Waals surface area contributed by atoms with Gasteiger partial charge in [-0.25, -0.2) is 0 Å². The summed E-state index contributed by atoms with van der Waals surface area (Å²) < 4.78 is 0. The van der Waals surface area contributed by atoms with Gasteiger partial charge in [0.15, 0.2) is 0 Å².